The molecule has 0 bridgehead atoms. The van der Waals surface area contributed by atoms with E-state index in [4.69, 9.17) is 9.47 Å². The van der Waals surface area contributed by atoms with Crippen LogP contribution in [0, 0.1) is 11.7 Å². The van der Waals surface area contributed by atoms with Crippen molar-refractivity contribution in [1.82, 2.24) is 9.97 Å². The molecule has 12 heteroatoms. The van der Waals surface area contributed by atoms with Gasteiger partial charge in [0.2, 0.25) is 11.9 Å². The molecule has 2 fully saturated rings. The molecule has 3 N–H and O–H groups in total. The number of nitrogens with one attached hydrogen (secondary N) is 3. The van der Waals surface area contributed by atoms with Gasteiger partial charge in [-0.2, -0.15) is 4.98 Å². The fraction of sp³-hybridized carbons (Fsp3) is 0.419. The summed E-state index contributed by atoms with van der Waals surface area (Å²) in [4.78, 5) is 36.4. The smallest absolute Gasteiger partial charge is 0.416 e. The molecule has 2 aliphatic heterocycles. The van der Waals surface area contributed by atoms with E-state index in [1.807, 2.05) is 70.2 Å². The number of benzene rings is 2. The number of rotatable bonds is 10. The molecule has 0 aliphatic carbocycles. The fourth-order valence-corrected chi connectivity index (χ4v) is 5.09. The lowest BCUT2D eigenvalue weighted by atomic mass is 10.0. The Morgan fingerprint density at radius 1 is 1.09 bits per heavy atom. The first-order chi connectivity index (χ1) is 20.7. The van der Waals surface area contributed by atoms with Gasteiger partial charge in [-0.05, 0) is 48.7 Å². The zero-order valence-corrected chi connectivity index (χ0v) is 24.9. The Balaban J connectivity index is 1.28. The van der Waals surface area contributed by atoms with Crippen LogP contribution in [0.2, 0.25) is 0 Å². The van der Waals surface area contributed by atoms with Crippen molar-refractivity contribution < 1.29 is 23.5 Å². The van der Waals surface area contributed by atoms with Gasteiger partial charge in [-0.25, -0.2) is 14.2 Å². The number of morpholine rings is 1. The molecule has 2 atom stereocenters. The molecule has 0 radical (unpaired) electrons. The number of nitrogens with zero attached hydrogens (tertiary/aromatic N) is 4. The summed E-state index contributed by atoms with van der Waals surface area (Å²) in [7, 11) is 0. The van der Waals surface area contributed by atoms with Crippen LogP contribution in [0.1, 0.15) is 45.7 Å². The lowest BCUT2D eigenvalue weighted by molar-refractivity contribution is -0.115. The number of carbonyl (C=O) groups excluding carboxylic acids is 2. The van der Waals surface area contributed by atoms with E-state index >= 15 is 0 Å². The van der Waals surface area contributed by atoms with Crippen LogP contribution in [0.5, 0.6) is 0 Å². The van der Waals surface area contributed by atoms with E-state index in [0.717, 1.165) is 47.6 Å². The van der Waals surface area contributed by atoms with Gasteiger partial charge in [-0.15, -0.1) is 0 Å². The van der Waals surface area contributed by atoms with Gasteiger partial charge in [-0.3, -0.25) is 9.69 Å². The molecule has 11 nitrogen and oxygen atoms in total. The second kappa shape index (κ2) is 13.2. The van der Waals surface area contributed by atoms with E-state index in [1.54, 1.807) is 0 Å². The molecule has 3 aromatic rings. The van der Waals surface area contributed by atoms with Crippen LogP contribution in [0.25, 0.3) is 0 Å². The third kappa shape index (κ3) is 6.96. The highest BCUT2D eigenvalue weighted by Gasteiger charge is 2.39. The molecule has 43 heavy (non-hydrogen) atoms. The van der Waals surface area contributed by atoms with Crippen LogP contribution in [0.4, 0.5) is 43.7 Å². The quantitative estimate of drug-likeness (QED) is 0.273. The third-order valence-corrected chi connectivity index (χ3v) is 7.62. The average Bonchev–Trinajstić information content (AvgIpc) is 3.40. The van der Waals surface area contributed by atoms with Crippen molar-refractivity contribution in [2.75, 3.05) is 58.7 Å². The van der Waals surface area contributed by atoms with Gasteiger partial charge in [0.25, 0.3) is 0 Å². The highest BCUT2D eigenvalue weighted by atomic mass is 19.1. The number of amides is 2. The number of cyclic esters (lactones) is 1. The first-order valence-electron chi connectivity index (χ1n) is 14.6. The summed E-state index contributed by atoms with van der Waals surface area (Å²) in [6.07, 6.45) is 0.857. The molecule has 3 heterocycles. The highest BCUT2D eigenvalue weighted by Crippen LogP contribution is 2.33. The van der Waals surface area contributed by atoms with Crippen molar-refractivity contribution >= 4 is 46.5 Å². The van der Waals surface area contributed by atoms with E-state index in [0.29, 0.717) is 19.6 Å². The number of anilines is 6. The maximum atomic E-state index is 14.7. The van der Waals surface area contributed by atoms with Gasteiger partial charge in [0.05, 0.1) is 42.9 Å². The Hall–Kier alpha value is -4.45. The van der Waals surface area contributed by atoms with Crippen LogP contribution in [-0.4, -0.2) is 60.9 Å². The molecule has 2 aromatic carbocycles. The average molecular weight is 592 g/mol. The minimum atomic E-state index is -0.685. The molecule has 0 spiro atoms. The van der Waals surface area contributed by atoms with Gasteiger partial charge in [-0.1, -0.05) is 32.9 Å². The summed E-state index contributed by atoms with van der Waals surface area (Å²) in [5.41, 5.74) is 4.48. The van der Waals surface area contributed by atoms with Crippen LogP contribution in [0.3, 0.4) is 0 Å². The molecule has 0 unspecified atom stereocenters. The van der Waals surface area contributed by atoms with Gasteiger partial charge >= 0.3 is 6.09 Å². The monoisotopic (exact) mass is 591 g/mol. The summed E-state index contributed by atoms with van der Waals surface area (Å²) in [5, 5.41) is 9.67. The lowest BCUT2D eigenvalue weighted by Gasteiger charge is -2.31. The second-order valence-electron chi connectivity index (χ2n) is 11.0. The summed E-state index contributed by atoms with van der Waals surface area (Å²) in [6, 6.07) is 13.3. The normalized spacial score (nSPS) is 17.5. The van der Waals surface area contributed by atoms with Crippen LogP contribution >= 0.6 is 0 Å². The SMILES string of the molecule is CCC(=O)Nc1ccc(Nc2ccc([C@H](C)Nc3ncc(F)c(N4C(=O)OC[C@@H]4C(C)C)n3)cc2)cc1N1CCOCC1. The van der Waals surface area contributed by atoms with E-state index in [1.165, 1.54) is 4.90 Å². The zero-order valence-electron chi connectivity index (χ0n) is 24.9. The van der Waals surface area contributed by atoms with E-state index in [9.17, 15) is 14.0 Å². The molecule has 2 amide bonds. The van der Waals surface area contributed by atoms with E-state index in [2.05, 4.69) is 30.8 Å². The Bertz CT molecular complexity index is 1450. The molecule has 5 rings (SSSR count). The summed E-state index contributed by atoms with van der Waals surface area (Å²) in [5.74, 6) is -0.541. The van der Waals surface area contributed by atoms with Crippen molar-refractivity contribution in [2.45, 2.75) is 46.2 Å². The Kier molecular flexibility index (Phi) is 9.24. The Morgan fingerprint density at radius 2 is 1.81 bits per heavy atom. The number of aromatic nitrogens is 2. The van der Waals surface area contributed by atoms with Crippen LogP contribution in [-0.2, 0) is 14.3 Å². The number of hydrogen-bond acceptors (Lipinski definition) is 9. The second-order valence-corrected chi connectivity index (χ2v) is 11.0. The third-order valence-electron chi connectivity index (χ3n) is 7.62. The predicted octanol–water partition coefficient (Wildman–Crippen LogP) is 5.70. The van der Waals surface area contributed by atoms with Crippen molar-refractivity contribution in [1.29, 1.82) is 0 Å². The molecule has 1 aromatic heterocycles. The van der Waals surface area contributed by atoms with E-state index < -0.39 is 11.9 Å². The summed E-state index contributed by atoms with van der Waals surface area (Å²) in [6.45, 7) is 10.6. The molecular weight excluding hydrogens is 553 g/mol. The van der Waals surface area contributed by atoms with Gasteiger partial charge in [0.15, 0.2) is 11.6 Å². The first-order valence-corrected chi connectivity index (χ1v) is 14.6. The molecular formula is C31H38FN7O4. The molecule has 2 saturated heterocycles. The number of halogens is 1. The van der Waals surface area contributed by atoms with E-state index in [-0.39, 0.29) is 42.3 Å². The minimum Gasteiger partial charge on any atom is -0.447 e. The fourth-order valence-electron chi connectivity index (χ4n) is 5.09. The predicted molar refractivity (Wildman–Crippen MR) is 165 cm³/mol. The van der Waals surface area contributed by atoms with Crippen molar-refractivity contribution in [2.24, 2.45) is 5.92 Å². The maximum Gasteiger partial charge on any atom is 0.416 e. The molecule has 0 saturated carbocycles. The zero-order chi connectivity index (χ0) is 30.5. The topological polar surface area (TPSA) is 121 Å². The van der Waals surface area contributed by atoms with Crippen LogP contribution in [0.15, 0.2) is 48.7 Å². The summed E-state index contributed by atoms with van der Waals surface area (Å²) < 4.78 is 25.4. The minimum absolute atomic E-state index is 0.0332. The highest BCUT2D eigenvalue weighted by molar-refractivity contribution is 5.95. The van der Waals surface area contributed by atoms with Gasteiger partial charge in [0, 0.05) is 30.9 Å². The maximum absolute atomic E-state index is 14.7. The number of ether oxygens (including phenoxy) is 2. The lowest BCUT2D eigenvalue weighted by Crippen LogP contribution is -2.38. The Morgan fingerprint density at radius 3 is 2.51 bits per heavy atom. The van der Waals surface area contributed by atoms with Crippen molar-refractivity contribution in [3.63, 3.8) is 0 Å². The Labute approximate surface area is 250 Å². The molecule has 2 aliphatic rings. The molecule has 228 valence electrons. The first kappa shape index (κ1) is 30.0. The number of carbonyl (C=O) groups is 2. The summed E-state index contributed by atoms with van der Waals surface area (Å²) >= 11 is 0. The van der Waals surface area contributed by atoms with Crippen molar-refractivity contribution in [3.05, 3.63) is 60.0 Å². The standard InChI is InChI=1S/C31H38FN7O4/c1-5-28(40)36-25-11-10-23(16-26(25)38-12-14-42-15-13-38)35-22-8-6-21(7-9-22)20(4)34-30-33-17-24(32)29(37-30)39-27(19(2)3)18-43-31(39)41/h6-11,16-17,19-20,27,35H,5,12-15,18H2,1-4H3,(H,36,40)(H,33,34,37)/t20-,27+/m0/s1. The number of hydrogen-bond donors (Lipinski definition) is 3. The van der Waals surface area contributed by atoms with Gasteiger partial charge < -0.3 is 30.3 Å². The van der Waals surface area contributed by atoms with Gasteiger partial charge in [0.1, 0.15) is 6.61 Å². The van der Waals surface area contributed by atoms with Crippen molar-refractivity contribution in [3.8, 4) is 0 Å². The largest absolute Gasteiger partial charge is 0.447 e. The van der Waals surface area contributed by atoms with Crippen LogP contribution < -0.4 is 25.8 Å².